The van der Waals surface area contributed by atoms with Crippen LogP contribution in [0.5, 0.6) is 5.75 Å². The third-order valence-corrected chi connectivity index (χ3v) is 4.82. The summed E-state index contributed by atoms with van der Waals surface area (Å²) in [5, 5.41) is 3.58. The molecule has 31 heavy (non-hydrogen) atoms. The number of carbonyl (C=O) groups is 1. The highest BCUT2D eigenvalue weighted by atomic mass is 35.5. The Kier molecular flexibility index (Phi) is 10.2. The lowest BCUT2D eigenvalue weighted by Gasteiger charge is -2.18. The van der Waals surface area contributed by atoms with Gasteiger partial charge in [0.1, 0.15) is 5.75 Å². The van der Waals surface area contributed by atoms with E-state index in [4.69, 9.17) is 15.5 Å². The van der Waals surface area contributed by atoms with E-state index in [1.807, 2.05) is 19.1 Å². The molecule has 0 unspecified atom stereocenters. The lowest BCUT2D eigenvalue weighted by atomic mass is 9.91. The topological polar surface area (TPSA) is 77.2 Å². The van der Waals surface area contributed by atoms with Crippen LogP contribution in [0.25, 0.3) is 22.0 Å². The quantitative estimate of drug-likeness (QED) is 0.482. The number of benzene rings is 2. The maximum Gasteiger partial charge on any atom is 0.412 e. The number of fused-ring (bicyclic) bond motifs is 1. The van der Waals surface area contributed by atoms with Gasteiger partial charge < -0.3 is 15.8 Å². The number of rotatable bonds is 6. The smallest absolute Gasteiger partial charge is 0.410 e. The lowest BCUT2D eigenvalue weighted by molar-refractivity contribution is 0.201. The summed E-state index contributed by atoms with van der Waals surface area (Å²) in [6, 6.07) is 14.0. The SMILES string of the molecule is CCNC(=O)Oc1ccc2nc(CC(C)C)c(CN)c(-c3ccc(C)cc3)c2c1.Cl.Cl. The fraction of sp³-hybridized carbons (Fsp3) is 0.333. The van der Waals surface area contributed by atoms with Gasteiger partial charge in [-0.15, -0.1) is 24.8 Å². The standard InChI is InChI=1S/C24H29N3O2.2ClH/c1-5-26-24(28)29-18-10-11-21-19(13-18)23(17-8-6-16(4)7-9-17)20(14-25)22(27-21)12-15(2)3;;/h6-11,13,15H,5,12,14,25H2,1-4H3,(H,26,28);2*1H. The second-order valence-corrected chi connectivity index (χ2v) is 7.68. The van der Waals surface area contributed by atoms with Crippen LogP contribution < -0.4 is 15.8 Å². The number of hydrogen-bond donors (Lipinski definition) is 2. The fourth-order valence-corrected chi connectivity index (χ4v) is 3.51. The molecule has 7 heteroatoms. The van der Waals surface area contributed by atoms with Gasteiger partial charge in [0.05, 0.1) is 5.52 Å². The largest absolute Gasteiger partial charge is 0.412 e. The van der Waals surface area contributed by atoms with E-state index < -0.39 is 6.09 Å². The van der Waals surface area contributed by atoms with Crippen LogP contribution in [0.4, 0.5) is 4.79 Å². The zero-order valence-corrected chi connectivity index (χ0v) is 20.0. The monoisotopic (exact) mass is 463 g/mol. The highest BCUT2D eigenvalue weighted by molar-refractivity contribution is 5.97. The zero-order chi connectivity index (χ0) is 21.0. The highest BCUT2D eigenvalue weighted by Crippen LogP contribution is 2.35. The lowest BCUT2D eigenvalue weighted by Crippen LogP contribution is -2.26. The second kappa shape index (κ2) is 11.9. The molecular formula is C24H31Cl2N3O2. The number of aryl methyl sites for hydroxylation is 1. The molecule has 0 aliphatic carbocycles. The molecule has 3 N–H and O–H groups in total. The molecule has 1 amide bonds. The van der Waals surface area contributed by atoms with Gasteiger partial charge in [-0.25, -0.2) is 4.79 Å². The Balaban J connectivity index is 0.00000240. The molecule has 0 bridgehead atoms. The molecule has 0 aliphatic heterocycles. The van der Waals surface area contributed by atoms with Crippen molar-refractivity contribution in [1.29, 1.82) is 0 Å². The first-order chi connectivity index (χ1) is 13.9. The number of amides is 1. The third kappa shape index (κ3) is 6.33. The second-order valence-electron chi connectivity index (χ2n) is 7.68. The summed E-state index contributed by atoms with van der Waals surface area (Å²) < 4.78 is 5.43. The zero-order valence-electron chi connectivity index (χ0n) is 18.4. The fourth-order valence-electron chi connectivity index (χ4n) is 3.51. The van der Waals surface area contributed by atoms with Crippen LogP contribution in [0.2, 0.25) is 0 Å². The van der Waals surface area contributed by atoms with Crippen molar-refractivity contribution in [2.75, 3.05) is 6.54 Å². The van der Waals surface area contributed by atoms with E-state index in [0.29, 0.717) is 24.8 Å². The Morgan fingerprint density at radius 2 is 1.81 bits per heavy atom. The summed E-state index contributed by atoms with van der Waals surface area (Å²) in [5.74, 6) is 0.953. The van der Waals surface area contributed by atoms with Gasteiger partial charge in [-0.05, 0) is 61.1 Å². The predicted molar refractivity (Wildman–Crippen MR) is 133 cm³/mol. The molecule has 3 rings (SSSR count). The summed E-state index contributed by atoms with van der Waals surface area (Å²) in [5.41, 5.74) is 12.5. The number of ether oxygens (including phenoxy) is 1. The number of pyridine rings is 1. The van der Waals surface area contributed by atoms with Gasteiger partial charge in [0.25, 0.3) is 0 Å². The van der Waals surface area contributed by atoms with Crippen molar-refractivity contribution in [3.63, 3.8) is 0 Å². The molecule has 3 aromatic rings. The number of aromatic nitrogens is 1. The van der Waals surface area contributed by atoms with Crippen molar-refractivity contribution < 1.29 is 9.53 Å². The predicted octanol–water partition coefficient (Wildman–Crippen LogP) is 5.82. The van der Waals surface area contributed by atoms with E-state index >= 15 is 0 Å². The summed E-state index contributed by atoms with van der Waals surface area (Å²) in [6.45, 7) is 9.20. The molecule has 1 heterocycles. The minimum Gasteiger partial charge on any atom is -0.410 e. The van der Waals surface area contributed by atoms with Crippen LogP contribution in [-0.2, 0) is 13.0 Å². The molecule has 1 aromatic heterocycles. The highest BCUT2D eigenvalue weighted by Gasteiger charge is 2.17. The first-order valence-corrected chi connectivity index (χ1v) is 10.1. The Morgan fingerprint density at radius 1 is 1.13 bits per heavy atom. The van der Waals surface area contributed by atoms with Crippen LogP contribution in [0.3, 0.4) is 0 Å². The summed E-state index contributed by atoms with van der Waals surface area (Å²) in [6.07, 6.45) is 0.394. The van der Waals surface area contributed by atoms with Gasteiger partial charge in [0.15, 0.2) is 0 Å². The number of hydrogen-bond acceptors (Lipinski definition) is 4. The number of nitrogens with zero attached hydrogens (tertiary/aromatic N) is 1. The summed E-state index contributed by atoms with van der Waals surface area (Å²) >= 11 is 0. The number of halogens is 2. The molecule has 0 fully saturated rings. The Hall–Kier alpha value is -2.34. The van der Waals surface area contributed by atoms with E-state index in [2.05, 4.69) is 50.4 Å². The number of nitrogens with two attached hydrogens (primary N) is 1. The summed E-state index contributed by atoms with van der Waals surface area (Å²) in [4.78, 5) is 16.8. The molecule has 0 spiro atoms. The molecule has 0 saturated heterocycles. The van der Waals surface area contributed by atoms with Gasteiger partial charge in [0, 0.05) is 24.2 Å². The molecule has 5 nitrogen and oxygen atoms in total. The molecule has 0 atom stereocenters. The Bertz CT molecular complexity index is 1020. The average molecular weight is 464 g/mol. The van der Waals surface area contributed by atoms with Gasteiger partial charge in [-0.1, -0.05) is 43.7 Å². The van der Waals surface area contributed by atoms with E-state index in [1.54, 1.807) is 6.07 Å². The van der Waals surface area contributed by atoms with Crippen molar-refractivity contribution >= 4 is 41.8 Å². The maximum absolute atomic E-state index is 11.9. The van der Waals surface area contributed by atoms with E-state index in [0.717, 1.165) is 39.7 Å². The molecule has 2 aromatic carbocycles. The number of nitrogens with one attached hydrogen (secondary N) is 1. The van der Waals surface area contributed by atoms with E-state index in [9.17, 15) is 4.79 Å². The minimum atomic E-state index is -0.466. The van der Waals surface area contributed by atoms with Crippen molar-refractivity contribution in [1.82, 2.24) is 10.3 Å². The molecule has 0 saturated carbocycles. The van der Waals surface area contributed by atoms with Gasteiger partial charge >= 0.3 is 6.09 Å². The van der Waals surface area contributed by atoms with Crippen LogP contribution >= 0.6 is 24.8 Å². The van der Waals surface area contributed by atoms with Crippen molar-refractivity contribution in [3.8, 4) is 16.9 Å². The Labute approximate surface area is 196 Å². The molecule has 0 aliphatic rings. The average Bonchev–Trinajstić information content (AvgIpc) is 2.67. The van der Waals surface area contributed by atoms with Gasteiger partial charge in [0.2, 0.25) is 0 Å². The van der Waals surface area contributed by atoms with Crippen LogP contribution in [0.15, 0.2) is 42.5 Å². The van der Waals surface area contributed by atoms with Crippen LogP contribution in [0.1, 0.15) is 37.6 Å². The van der Waals surface area contributed by atoms with Gasteiger partial charge in [-0.2, -0.15) is 0 Å². The molecule has 168 valence electrons. The molecular weight excluding hydrogens is 433 g/mol. The maximum atomic E-state index is 11.9. The van der Waals surface area contributed by atoms with Crippen LogP contribution in [-0.4, -0.2) is 17.6 Å². The van der Waals surface area contributed by atoms with Gasteiger partial charge in [-0.3, -0.25) is 4.98 Å². The van der Waals surface area contributed by atoms with Crippen LogP contribution in [0, 0.1) is 12.8 Å². The minimum absolute atomic E-state index is 0. The van der Waals surface area contributed by atoms with Crippen molar-refractivity contribution in [3.05, 3.63) is 59.3 Å². The molecule has 0 radical (unpaired) electrons. The Morgan fingerprint density at radius 3 is 2.39 bits per heavy atom. The van der Waals surface area contributed by atoms with Crippen molar-refractivity contribution in [2.24, 2.45) is 11.7 Å². The first kappa shape index (κ1) is 26.7. The third-order valence-electron chi connectivity index (χ3n) is 4.82. The van der Waals surface area contributed by atoms with E-state index in [1.165, 1.54) is 5.56 Å². The normalized spacial score (nSPS) is 10.4. The van der Waals surface area contributed by atoms with Crippen molar-refractivity contribution in [2.45, 2.75) is 40.7 Å². The summed E-state index contributed by atoms with van der Waals surface area (Å²) in [7, 11) is 0. The van der Waals surface area contributed by atoms with E-state index in [-0.39, 0.29) is 24.8 Å². The first-order valence-electron chi connectivity index (χ1n) is 10.1. The number of carbonyl (C=O) groups excluding carboxylic acids is 1.